The smallest absolute Gasteiger partial charge is 0.408 e. The van der Waals surface area contributed by atoms with Crippen LogP contribution in [0.5, 0.6) is 11.5 Å². The first-order valence-electron chi connectivity index (χ1n) is 8.48. The molecule has 1 atom stereocenters. The van der Waals surface area contributed by atoms with Crippen LogP contribution in [0.25, 0.3) is 0 Å². The van der Waals surface area contributed by atoms with Gasteiger partial charge in [0.25, 0.3) is 0 Å². The number of carbonyl (C=O) groups is 1. The van der Waals surface area contributed by atoms with Crippen LogP contribution in [0.3, 0.4) is 0 Å². The maximum absolute atomic E-state index is 12.2. The third-order valence-electron chi connectivity index (χ3n) is 3.28. The van der Waals surface area contributed by atoms with Gasteiger partial charge in [-0.25, -0.2) is 4.79 Å². The first-order valence-corrected chi connectivity index (χ1v) is 8.48. The number of aliphatic hydroxyl groups is 1. The molecule has 6 heteroatoms. The number of hydrogen-bond donors (Lipinski definition) is 2. The highest BCUT2D eigenvalue weighted by Crippen LogP contribution is 2.33. The van der Waals surface area contributed by atoms with E-state index in [4.69, 9.17) is 14.2 Å². The van der Waals surface area contributed by atoms with E-state index >= 15 is 0 Å². The standard InChI is InChI=1S/C19H31NO5/c1-8-24-16-11-13(9-10-15(16)23-7)14(12-19(5,6)22)20-17(21)25-18(2,3)4/h9-11,14,22H,8,12H2,1-7H3,(H,20,21). The second kappa shape index (κ2) is 8.43. The summed E-state index contributed by atoms with van der Waals surface area (Å²) in [5, 5.41) is 13.1. The van der Waals surface area contributed by atoms with Gasteiger partial charge in [0.15, 0.2) is 11.5 Å². The predicted molar refractivity (Wildman–Crippen MR) is 97.2 cm³/mol. The Kier molecular flexibility index (Phi) is 7.11. The van der Waals surface area contributed by atoms with Crippen molar-refractivity contribution < 1.29 is 24.1 Å². The van der Waals surface area contributed by atoms with E-state index in [0.717, 1.165) is 5.56 Å². The molecule has 25 heavy (non-hydrogen) atoms. The molecule has 1 aromatic carbocycles. The Morgan fingerprint density at radius 2 is 1.84 bits per heavy atom. The van der Waals surface area contributed by atoms with E-state index in [-0.39, 0.29) is 0 Å². The minimum absolute atomic E-state index is 0.324. The Labute approximate surface area is 150 Å². The molecule has 1 aromatic rings. The molecule has 1 amide bonds. The van der Waals surface area contributed by atoms with Crippen LogP contribution < -0.4 is 14.8 Å². The Hall–Kier alpha value is -1.95. The van der Waals surface area contributed by atoms with E-state index < -0.39 is 23.3 Å². The second-order valence-corrected chi connectivity index (χ2v) is 7.56. The molecule has 0 fully saturated rings. The minimum atomic E-state index is -0.967. The molecule has 142 valence electrons. The van der Waals surface area contributed by atoms with Crippen LogP contribution in [0.15, 0.2) is 18.2 Å². The fourth-order valence-corrected chi connectivity index (χ4v) is 2.38. The third kappa shape index (κ3) is 7.65. The molecule has 2 N–H and O–H groups in total. The summed E-state index contributed by atoms with van der Waals surface area (Å²) in [7, 11) is 1.57. The van der Waals surface area contributed by atoms with Crippen molar-refractivity contribution in [2.24, 2.45) is 0 Å². The zero-order valence-electron chi connectivity index (χ0n) is 16.3. The number of carbonyl (C=O) groups excluding carboxylic acids is 1. The molecule has 0 saturated heterocycles. The van der Waals surface area contributed by atoms with Gasteiger partial charge < -0.3 is 24.6 Å². The highest BCUT2D eigenvalue weighted by Gasteiger charge is 2.26. The van der Waals surface area contributed by atoms with Crippen LogP contribution >= 0.6 is 0 Å². The average Bonchev–Trinajstić information content (AvgIpc) is 2.43. The van der Waals surface area contributed by atoms with Crippen LogP contribution in [0, 0.1) is 0 Å². The number of hydrogen-bond acceptors (Lipinski definition) is 5. The number of nitrogens with one attached hydrogen (secondary N) is 1. The van der Waals surface area contributed by atoms with Gasteiger partial charge in [0, 0.05) is 6.42 Å². The number of rotatable bonds is 7. The van der Waals surface area contributed by atoms with Gasteiger partial charge in [-0.15, -0.1) is 0 Å². The molecule has 0 saturated carbocycles. The molecule has 1 unspecified atom stereocenters. The first-order chi connectivity index (χ1) is 11.4. The normalized spacial score (nSPS) is 13.1. The summed E-state index contributed by atoms with van der Waals surface area (Å²) in [6.07, 6.45) is -0.208. The largest absolute Gasteiger partial charge is 0.493 e. The highest BCUT2D eigenvalue weighted by atomic mass is 16.6. The highest BCUT2D eigenvalue weighted by molar-refractivity contribution is 5.68. The zero-order chi connectivity index (χ0) is 19.3. The van der Waals surface area contributed by atoms with Gasteiger partial charge in [-0.3, -0.25) is 0 Å². The van der Waals surface area contributed by atoms with E-state index in [1.807, 2.05) is 19.1 Å². The van der Waals surface area contributed by atoms with E-state index in [0.29, 0.717) is 24.5 Å². The number of amides is 1. The van der Waals surface area contributed by atoms with Crippen molar-refractivity contribution in [1.29, 1.82) is 0 Å². The van der Waals surface area contributed by atoms with Gasteiger partial charge in [-0.05, 0) is 59.2 Å². The van der Waals surface area contributed by atoms with Gasteiger partial charge in [0.05, 0.1) is 25.4 Å². The Bertz CT molecular complexity index is 572. The van der Waals surface area contributed by atoms with Crippen molar-refractivity contribution in [3.05, 3.63) is 23.8 Å². The van der Waals surface area contributed by atoms with Crippen molar-refractivity contribution in [3.8, 4) is 11.5 Å². The summed E-state index contributed by atoms with van der Waals surface area (Å²) in [6.45, 7) is 11.2. The van der Waals surface area contributed by atoms with Crippen molar-refractivity contribution >= 4 is 6.09 Å². The molecule has 0 aliphatic rings. The van der Waals surface area contributed by atoms with Crippen molar-refractivity contribution in [1.82, 2.24) is 5.32 Å². The summed E-state index contributed by atoms with van der Waals surface area (Å²) in [4.78, 5) is 12.2. The SMILES string of the molecule is CCOc1cc(C(CC(C)(C)O)NC(=O)OC(C)(C)C)ccc1OC. The molecule has 0 radical (unpaired) electrons. The first kappa shape index (κ1) is 21.1. The summed E-state index contributed by atoms with van der Waals surface area (Å²) in [5.74, 6) is 1.21. The topological polar surface area (TPSA) is 77.0 Å². The van der Waals surface area contributed by atoms with Crippen LogP contribution in [-0.2, 0) is 4.74 Å². The molecule has 0 aliphatic carbocycles. The van der Waals surface area contributed by atoms with Crippen LogP contribution in [0.2, 0.25) is 0 Å². The lowest BCUT2D eigenvalue weighted by Gasteiger charge is -2.28. The maximum atomic E-state index is 12.2. The monoisotopic (exact) mass is 353 g/mol. The van der Waals surface area contributed by atoms with E-state index in [2.05, 4.69) is 5.32 Å². The summed E-state index contributed by atoms with van der Waals surface area (Å²) in [5.41, 5.74) is -0.761. The van der Waals surface area contributed by atoms with Gasteiger partial charge in [-0.2, -0.15) is 0 Å². The third-order valence-corrected chi connectivity index (χ3v) is 3.28. The average molecular weight is 353 g/mol. The molecule has 0 aliphatic heterocycles. The quantitative estimate of drug-likeness (QED) is 0.779. The van der Waals surface area contributed by atoms with Crippen LogP contribution in [0.4, 0.5) is 4.79 Å². The van der Waals surface area contributed by atoms with E-state index in [9.17, 15) is 9.90 Å². The lowest BCUT2D eigenvalue weighted by Crippen LogP contribution is -2.37. The number of benzene rings is 1. The predicted octanol–water partition coefficient (Wildman–Crippen LogP) is 3.82. The second-order valence-electron chi connectivity index (χ2n) is 7.56. The Morgan fingerprint density at radius 1 is 1.20 bits per heavy atom. The van der Waals surface area contributed by atoms with Gasteiger partial charge in [0.2, 0.25) is 0 Å². The molecule has 6 nitrogen and oxygen atoms in total. The summed E-state index contributed by atoms with van der Waals surface area (Å²) < 4.78 is 16.2. The maximum Gasteiger partial charge on any atom is 0.408 e. The molecule has 0 heterocycles. The Morgan fingerprint density at radius 3 is 2.32 bits per heavy atom. The van der Waals surface area contributed by atoms with Crippen LogP contribution in [-0.4, -0.2) is 36.1 Å². The fourth-order valence-electron chi connectivity index (χ4n) is 2.38. The molecular weight excluding hydrogens is 322 g/mol. The van der Waals surface area contributed by atoms with Gasteiger partial charge in [0.1, 0.15) is 5.60 Å². The molecule has 1 rings (SSSR count). The fraction of sp³-hybridized carbons (Fsp3) is 0.632. The van der Waals surface area contributed by atoms with Crippen LogP contribution in [0.1, 0.15) is 59.6 Å². The lowest BCUT2D eigenvalue weighted by molar-refractivity contribution is 0.0389. The molecule has 0 aromatic heterocycles. The summed E-state index contributed by atoms with van der Waals surface area (Å²) in [6, 6.07) is 5.01. The minimum Gasteiger partial charge on any atom is -0.493 e. The molecule has 0 bridgehead atoms. The Balaban J connectivity index is 3.11. The molecular formula is C19H31NO5. The van der Waals surface area contributed by atoms with Gasteiger partial charge in [-0.1, -0.05) is 6.07 Å². The molecule has 0 spiro atoms. The number of methoxy groups -OCH3 is 1. The van der Waals surface area contributed by atoms with Gasteiger partial charge >= 0.3 is 6.09 Å². The lowest BCUT2D eigenvalue weighted by atomic mass is 9.93. The van der Waals surface area contributed by atoms with Crippen molar-refractivity contribution in [2.75, 3.05) is 13.7 Å². The van der Waals surface area contributed by atoms with Crippen molar-refractivity contribution in [3.63, 3.8) is 0 Å². The summed E-state index contributed by atoms with van der Waals surface area (Å²) >= 11 is 0. The number of alkyl carbamates (subject to hydrolysis) is 1. The van der Waals surface area contributed by atoms with E-state index in [1.54, 1.807) is 47.8 Å². The van der Waals surface area contributed by atoms with E-state index in [1.165, 1.54) is 0 Å². The number of ether oxygens (including phenoxy) is 3. The zero-order valence-corrected chi connectivity index (χ0v) is 16.3. The van der Waals surface area contributed by atoms with Crippen molar-refractivity contribution in [2.45, 2.75) is 65.2 Å².